The Balaban J connectivity index is 4.33. The predicted octanol–water partition coefficient (Wildman–Crippen LogP) is 1.74. The van der Waals surface area contributed by atoms with Crippen LogP contribution in [-0.2, 0) is 19.1 Å². The number of rotatable bonds is 5. The zero-order valence-electron chi connectivity index (χ0n) is 8.91. The Labute approximate surface area is 88.9 Å². The van der Waals surface area contributed by atoms with Crippen LogP contribution in [0.3, 0.4) is 0 Å². The van der Waals surface area contributed by atoms with Crippen LogP contribution in [0.5, 0.6) is 0 Å². The molecule has 4 nitrogen and oxygen atoms in total. The van der Waals surface area contributed by atoms with E-state index in [1.807, 2.05) is 0 Å². The molecule has 0 rings (SSSR count). The van der Waals surface area contributed by atoms with Crippen molar-refractivity contribution in [1.82, 2.24) is 0 Å². The van der Waals surface area contributed by atoms with Crippen LogP contribution in [0.25, 0.3) is 0 Å². The van der Waals surface area contributed by atoms with Gasteiger partial charge in [0.1, 0.15) is 0 Å². The second kappa shape index (κ2) is 5.80. The second-order valence-electron chi connectivity index (χ2n) is 2.98. The van der Waals surface area contributed by atoms with Gasteiger partial charge in [0, 0.05) is 11.1 Å². The molecule has 0 aromatic rings. The van der Waals surface area contributed by atoms with E-state index < -0.39 is 18.2 Å². The lowest BCUT2D eigenvalue weighted by atomic mass is 10.3. The molecule has 0 aromatic heterocycles. The molecule has 0 aromatic carbocycles. The highest BCUT2D eigenvalue weighted by atomic mass is 16.7. The van der Waals surface area contributed by atoms with Crippen LogP contribution in [0.4, 0.5) is 0 Å². The fraction of sp³-hybridized carbons (Fsp3) is 0.273. The maximum Gasteiger partial charge on any atom is 0.336 e. The number of ether oxygens (including phenoxy) is 2. The molecule has 0 unspecified atom stereocenters. The molecule has 0 saturated carbocycles. The molecule has 0 N–H and O–H groups in total. The average molecular weight is 210 g/mol. The van der Waals surface area contributed by atoms with Crippen molar-refractivity contribution < 1.29 is 19.1 Å². The highest BCUT2D eigenvalue weighted by Crippen LogP contribution is 2.04. The molecule has 0 spiro atoms. The lowest BCUT2D eigenvalue weighted by molar-refractivity contribution is -0.173. The first-order valence-corrected chi connectivity index (χ1v) is 4.24. The van der Waals surface area contributed by atoms with E-state index in [4.69, 9.17) is 9.47 Å². The minimum Gasteiger partial charge on any atom is -0.418 e. The molecule has 0 atom stereocenters. The number of carbonyl (C=O) groups excluding carboxylic acids is 2. The molecule has 0 heterocycles. The number of carbonyl (C=O) groups is 2. The first-order valence-electron chi connectivity index (χ1n) is 4.24. The van der Waals surface area contributed by atoms with E-state index in [0.717, 1.165) is 0 Å². The summed E-state index contributed by atoms with van der Waals surface area (Å²) < 4.78 is 9.48. The molecule has 15 heavy (non-hydrogen) atoms. The third kappa shape index (κ3) is 4.81. The van der Waals surface area contributed by atoms with Crippen molar-refractivity contribution in [3.63, 3.8) is 0 Å². The standard InChI is InChI=1S/C11H14O4/c1-6-9(14-10(12)7(2)3)15-11(13)8(4)5/h6,9H,1-2,4H2,3,5H3. The molecule has 0 aliphatic carbocycles. The van der Waals surface area contributed by atoms with Crippen molar-refractivity contribution in [2.24, 2.45) is 0 Å². The monoisotopic (exact) mass is 210 g/mol. The summed E-state index contributed by atoms with van der Waals surface area (Å²) in [6.45, 7) is 13.1. The highest BCUT2D eigenvalue weighted by molar-refractivity contribution is 5.88. The molecule has 0 aliphatic rings. The largest absolute Gasteiger partial charge is 0.418 e. The summed E-state index contributed by atoms with van der Waals surface area (Å²) in [4.78, 5) is 22.2. The van der Waals surface area contributed by atoms with E-state index in [0.29, 0.717) is 0 Å². The molecular formula is C11H14O4. The van der Waals surface area contributed by atoms with Gasteiger partial charge in [-0.2, -0.15) is 0 Å². The third-order valence-electron chi connectivity index (χ3n) is 1.34. The van der Waals surface area contributed by atoms with Crippen molar-refractivity contribution >= 4 is 11.9 Å². The number of esters is 2. The zero-order chi connectivity index (χ0) is 12.0. The van der Waals surface area contributed by atoms with Crippen LogP contribution in [0.15, 0.2) is 37.0 Å². The van der Waals surface area contributed by atoms with E-state index in [9.17, 15) is 9.59 Å². The molecule has 0 radical (unpaired) electrons. The van der Waals surface area contributed by atoms with Crippen LogP contribution in [0.2, 0.25) is 0 Å². The third-order valence-corrected chi connectivity index (χ3v) is 1.34. The summed E-state index contributed by atoms with van der Waals surface area (Å²) in [7, 11) is 0. The summed E-state index contributed by atoms with van der Waals surface area (Å²) in [5, 5.41) is 0. The smallest absolute Gasteiger partial charge is 0.336 e. The van der Waals surface area contributed by atoms with Gasteiger partial charge in [-0.3, -0.25) is 0 Å². The first kappa shape index (κ1) is 13.2. The Hall–Kier alpha value is -1.84. The summed E-state index contributed by atoms with van der Waals surface area (Å²) in [5.41, 5.74) is 0.432. The number of hydrogen-bond acceptors (Lipinski definition) is 4. The Morgan fingerprint density at radius 3 is 1.60 bits per heavy atom. The Bertz CT molecular complexity index is 287. The maximum atomic E-state index is 11.1. The van der Waals surface area contributed by atoms with Gasteiger partial charge in [-0.15, -0.1) is 0 Å². The van der Waals surface area contributed by atoms with Crippen LogP contribution >= 0.6 is 0 Å². The van der Waals surface area contributed by atoms with Crippen molar-refractivity contribution in [2.45, 2.75) is 20.1 Å². The Morgan fingerprint density at radius 2 is 1.40 bits per heavy atom. The topological polar surface area (TPSA) is 52.6 Å². The van der Waals surface area contributed by atoms with Gasteiger partial charge in [-0.1, -0.05) is 19.7 Å². The van der Waals surface area contributed by atoms with Crippen molar-refractivity contribution in [3.8, 4) is 0 Å². The van der Waals surface area contributed by atoms with Gasteiger partial charge >= 0.3 is 11.9 Å². The van der Waals surface area contributed by atoms with Gasteiger partial charge < -0.3 is 9.47 Å². The summed E-state index contributed by atoms with van der Waals surface area (Å²) in [5.74, 6) is -1.29. The molecule has 0 amide bonds. The van der Waals surface area contributed by atoms with E-state index in [2.05, 4.69) is 19.7 Å². The molecule has 0 saturated heterocycles. The number of hydrogen-bond donors (Lipinski definition) is 0. The van der Waals surface area contributed by atoms with Crippen molar-refractivity contribution in [2.75, 3.05) is 0 Å². The summed E-state index contributed by atoms with van der Waals surface area (Å²) >= 11 is 0. The Kier molecular flexibility index (Phi) is 5.09. The second-order valence-corrected chi connectivity index (χ2v) is 2.98. The minimum absolute atomic E-state index is 0.216. The SMILES string of the molecule is C=CC(OC(=O)C(=C)C)OC(=O)C(=C)C. The van der Waals surface area contributed by atoms with E-state index in [-0.39, 0.29) is 11.1 Å². The summed E-state index contributed by atoms with van der Waals surface area (Å²) in [6.07, 6.45) is 0.0835. The van der Waals surface area contributed by atoms with Gasteiger partial charge in [0.15, 0.2) is 0 Å². The molecular weight excluding hydrogens is 196 g/mol. The molecule has 4 heteroatoms. The molecule has 0 fully saturated rings. The van der Waals surface area contributed by atoms with Gasteiger partial charge in [0.2, 0.25) is 0 Å². The van der Waals surface area contributed by atoms with Crippen LogP contribution in [0.1, 0.15) is 13.8 Å². The molecule has 0 bridgehead atoms. The van der Waals surface area contributed by atoms with Gasteiger partial charge in [0.05, 0.1) is 0 Å². The van der Waals surface area contributed by atoms with E-state index >= 15 is 0 Å². The van der Waals surface area contributed by atoms with E-state index in [1.165, 1.54) is 19.9 Å². The normalized spacial score (nSPS) is 9.27. The van der Waals surface area contributed by atoms with Gasteiger partial charge in [-0.05, 0) is 19.9 Å². The highest BCUT2D eigenvalue weighted by Gasteiger charge is 2.16. The lowest BCUT2D eigenvalue weighted by Gasteiger charge is -2.14. The van der Waals surface area contributed by atoms with Crippen LogP contribution < -0.4 is 0 Å². The average Bonchev–Trinajstić information content (AvgIpc) is 2.15. The predicted molar refractivity (Wildman–Crippen MR) is 55.8 cm³/mol. The van der Waals surface area contributed by atoms with Gasteiger partial charge in [0.25, 0.3) is 6.29 Å². The van der Waals surface area contributed by atoms with E-state index in [1.54, 1.807) is 0 Å². The molecule has 0 aliphatic heterocycles. The minimum atomic E-state index is -1.11. The first-order chi connectivity index (χ1) is 6.88. The molecule has 82 valence electrons. The lowest BCUT2D eigenvalue weighted by Crippen LogP contribution is -2.23. The maximum absolute atomic E-state index is 11.1. The van der Waals surface area contributed by atoms with Gasteiger partial charge in [-0.25, -0.2) is 9.59 Å². The fourth-order valence-corrected chi connectivity index (χ4v) is 0.532. The van der Waals surface area contributed by atoms with Crippen molar-refractivity contribution in [3.05, 3.63) is 37.0 Å². The fourth-order valence-electron chi connectivity index (χ4n) is 0.532. The van der Waals surface area contributed by atoms with Crippen LogP contribution in [-0.4, -0.2) is 18.2 Å². The van der Waals surface area contributed by atoms with Crippen molar-refractivity contribution in [1.29, 1.82) is 0 Å². The van der Waals surface area contributed by atoms with Crippen LogP contribution in [0, 0.1) is 0 Å². The quantitative estimate of drug-likeness (QED) is 0.300. The summed E-state index contributed by atoms with van der Waals surface area (Å²) in [6, 6.07) is 0. The Morgan fingerprint density at radius 1 is 1.07 bits per heavy atom. The zero-order valence-corrected chi connectivity index (χ0v) is 8.91.